The molecule has 0 saturated carbocycles. The van der Waals surface area contributed by atoms with Crippen LogP contribution in [0.1, 0.15) is 41.5 Å². The van der Waals surface area contributed by atoms with Crippen molar-refractivity contribution in [3.8, 4) is 0 Å². The number of hydrogen-bond donors (Lipinski definition) is 0. The van der Waals surface area contributed by atoms with Crippen LogP contribution in [0.5, 0.6) is 0 Å². The molecule has 4 heteroatoms. The summed E-state index contributed by atoms with van der Waals surface area (Å²) in [7, 11) is -1.84. The maximum Gasteiger partial charge on any atom is 0.331 e. The first-order valence-electron chi connectivity index (χ1n) is 6.83. The third-order valence-electron chi connectivity index (χ3n) is 3.92. The predicted octanol–water partition coefficient (Wildman–Crippen LogP) is 3.66. The zero-order valence-corrected chi connectivity index (χ0v) is 13.4. The Kier molecular flexibility index (Phi) is 5.17. The van der Waals surface area contributed by atoms with Crippen LogP contribution in [0.3, 0.4) is 0 Å². The van der Waals surface area contributed by atoms with Crippen LogP contribution in [0, 0.1) is 0 Å². The maximum absolute atomic E-state index is 11.0. The van der Waals surface area contributed by atoms with Gasteiger partial charge in [-0.2, -0.15) is 0 Å². The van der Waals surface area contributed by atoms with Crippen molar-refractivity contribution in [2.75, 3.05) is 6.61 Å². The number of hydrogen-bond acceptors (Lipinski definition) is 3. The Morgan fingerprint density at radius 2 is 1.67 bits per heavy atom. The Bertz CT molecular complexity index is 299. The topological polar surface area (TPSA) is 35.5 Å². The van der Waals surface area contributed by atoms with Crippen molar-refractivity contribution >= 4 is 14.3 Å². The summed E-state index contributed by atoms with van der Waals surface area (Å²) in [6.07, 6.45) is 3.08. The molecule has 18 heavy (non-hydrogen) atoms. The highest BCUT2D eigenvalue weighted by Crippen LogP contribution is 2.42. The third kappa shape index (κ3) is 3.04. The average Bonchev–Trinajstić information content (AvgIpc) is 2.63. The molecule has 104 valence electrons. The van der Waals surface area contributed by atoms with E-state index in [0.29, 0.717) is 23.2 Å². The summed E-state index contributed by atoms with van der Waals surface area (Å²) in [5.74, 6) is -0.255. The van der Waals surface area contributed by atoms with Gasteiger partial charge < -0.3 is 9.16 Å². The van der Waals surface area contributed by atoms with Gasteiger partial charge in [-0.05, 0) is 22.7 Å². The number of ether oxygens (including phenoxy) is 1. The summed E-state index contributed by atoms with van der Waals surface area (Å²) in [5.41, 5.74) is 1.66. The molecule has 0 saturated heterocycles. The Labute approximate surface area is 112 Å². The summed E-state index contributed by atoms with van der Waals surface area (Å²) < 4.78 is 11.5. The fourth-order valence-electron chi connectivity index (χ4n) is 3.23. The van der Waals surface area contributed by atoms with Crippen molar-refractivity contribution < 1.29 is 14.0 Å². The van der Waals surface area contributed by atoms with Gasteiger partial charge in [0.05, 0.1) is 6.61 Å². The Balaban J connectivity index is 2.73. The van der Waals surface area contributed by atoms with E-state index in [9.17, 15) is 4.79 Å². The van der Waals surface area contributed by atoms with Crippen LogP contribution in [0.15, 0.2) is 12.2 Å². The van der Waals surface area contributed by atoms with Gasteiger partial charge in [-0.25, -0.2) is 4.79 Å². The summed E-state index contributed by atoms with van der Waals surface area (Å²) in [4.78, 5) is 11.0. The quantitative estimate of drug-likeness (QED) is 0.546. The van der Waals surface area contributed by atoms with Crippen molar-refractivity contribution in [1.29, 1.82) is 0 Å². The molecule has 1 unspecified atom stereocenters. The van der Waals surface area contributed by atoms with Crippen LogP contribution >= 0.6 is 0 Å². The van der Waals surface area contributed by atoms with Gasteiger partial charge in [-0.15, -0.1) is 0 Å². The smallest absolute Gasteiger partial charge is 0.331 e. The van der Waals surface area contributed by atoms with E-state index < -0.39 is 8.32 Å². The molecule has 0 spiro atoms. The molecule has 0 fully saturated rings. The molecule has 1 heterocycles. The van der Waals surface area contributed by atoms with Crippen LogP contribution in [-0.4, -0.2) is 27.0 Å². The normalized spacial score (nSPS) is 20.3. The van der Waals surface area contributed by atoms with E-state index in [-0.39, 0.29) is 12.1 Å². The van der Waals surface area contributed by atoms with Crippen LogP contribution in [0.2, 0.25) is 16.6 Å². The molecule has 3 nitrogen and oxygen atoms in total. The van der Waals surface area contributed by atoms with E-state index in [1.807, 2.05) is 0 Å². The fourth-order valence-corrected chi connectivity index (χ4v) is 8.68. The molecule has 0 N–H and O–H groups in total. The summed E-state index contributed by atoms with van der Waals surface area (Å²) in [6.45, 7) is 14.0. The minimum Gasteiger partial charge on any atom is -0.453 e. The Morgan fingerprint density at radius 1 is 1.17 bits per heavy atom. The summed E-state index contributed by atoms with van der Waals surface area (Å²) >= 11 is 0. The standard InChI is InChI=1S/C14H26O3Si/c1-10(2)18(11(3)4,12(5)6)16-9-13-7-8-14(15)17-13/h7-8,10-13H,9H2,1-6H3. The first-order valence-corrected chi connectivity index (χ1v) is 8.97. The van der Waals surface area contributed by atoms with Gasteiger partial charge in [0.1, 0.15) is 6.10 Å². The number of carbonyl (C=O) groups is 1. The van der Waals surface area contributed by atoms with Crippen molar-refractivity contribution in [3.05, 3.63) is 12.2 Å². The molecule has 1 atom stereocenters. The summed E-state index contributed by atoms with van der Waals surface area (Å²) in [5, 5.41) is 0. The molecular formula is C14H26O3Si. The van der Waals surface area contributed by atoms with E-state index in [1.54, 1.807) is 6.08 Å². The third-order valence-corrected chi connectivity index (χ3v) is 10.0. The van der Waals surface area contributed by atoms with Crippen molar-refractivity contribution in [2.45, 2.75) is 64.3 Å². The first-order chi connectivity index (χ1) is 8.30. The molecule has 1 rings (SSSR count). The van der Waals surface area contributed by atoms with E-state index >= 15 is 0 Å². The van der Waals surface area contributed by atoms with E-state index in [1.165, 1.54) is 6.08 Å². The lowest BCUT2D eigenvalue weighted by Crippen LogP contribution is -2.49. The Hall–Kier alpha value is -0.613. The number of carbonyl (C=O) groups excluding carboxylic acids is 1. The molecular weight excluding hydrogens is 244 g/mol. The molecule has 0 bridgehead atoms. The molecule has 0 radical (unpaired) electrons. The first kappa shape index (κ1) is 15.4. The molecule has 0 aromatic carbocycles. The van der Waals surface area contributed by atoms with Gasteiger partial charge in [-0.1, -0.05) is 41.5 Å². The van der Waals surface area contributed by atoms with Gasteiger partial charge in [0.15, 0.2) is 0 Å². The minimum absolute atomic E-state index is 0.194. The van der Waals surface area contributed by atoms with Crippen molar-refractivity contribution in [2.24, 2.45) is 0 Å². The second-order valence-corrected chi connectivity index (χ2v) is 11.4. The second kappa shape index (κ2) is 6.02. The van der Waals surface area contributed by atoms with Crippen LogP contribution < -0.4 is 0 Å². The highest BCUT2D eigenvalue weighted by Gasteiger charge is 2.45. The highest BCUT2D eigenvalue weighted by atomic mass is 28.4. The molecule has 0 aromatic heterocycles. The van der Waals surface area contributed by atoms with Crippen molar-refractivity contribution in [1.82, 2.24) is 0 Å². The molecule has 0 aromatic rings. The van der Waals surface area contributed by atoms with Gasteiger partial charge >= 0.3 is 5.97 Å². The molecule has 0 aliphatic carbocycles. The number of rotatable bonds is 6. The molecule has 1 aliphatic rings. The SMILES string of the molecule is CC(C)[Si](OCC1C=CC(=O)O1)(C(C)C)C(C)C. The lowest BCUT2D eigenvalue weighted by molar-refractivity contribution is -0.139. The zero-order valence-electron chi connectivity index (χ0n) is 12.4. The van der Waals surface area contributed by atoms with Crippen molar-refractivity contribution in [3.63, 3.8) is 0 Å². The Morgan fingerprint density at radius 3 is 2.00 bits per heavy atom. The highest BCUT2D eigenvalue weighted by molar-refractivity contribution is 6.77. The predicted molar refractivity (Wildman–Crippen MR) is 76.0 cm³/mol. The maximum atomic E-state index is 11.0. The van der Waals surface area contributed by atoms with E-state index in [2.05, 4.69) is 41.5 Å². The monoisotopic (exact) mass is 270 g/mol. The average molecular weight is 270 g/mol. The van der Waals surface area contributed by atoms with E-state index in [4.69, 9.17) is 9.16 Å². The van der Waals surface area contributed by atoms with Gasteiger partial charge in [0, 0.05) is 6.08 Å². The number of esters is 1. The fraction of sp³-hybridized carbons (Fsp3) is 0.786. The van der Waals surface area contributed by atoms with Gasteiger partial charge in [0.25, 0.3) is 0 Å². The lowest BCUT2D eigenvalue weighted by Gasteiger charge is -2.42. The van der Waals surface area contributed by atoms with E-state index in [0.717, 1.165) is 0 Å². The molecule has 1 aliphatic heterocycles. The zero-order chi connectivity index (χ0) is 13.9. The van der Waals surface area contributed by atoms with Crippen LogP contribution in [-0.2, 0) is 14.0 Å². The number of cyclic esters (lactones) is 1. The van der Waals surface area contributed by atoms with Crippen LogP contribution in [0.4, 0.5) is 0 Å². The lowest BCUT2D eigenvalue weighted by atomic mass is 10.4. The van der Waals surface area contributed by atoms with Crippen LogP contribution in [0.25, 0.3) is 0 Å². The minimum atomic E-state index is -1.84. The second-order valence-electron chi connectivity index (χ2n) is 5.96. The largest absolute Gasteiger partial charge is 0.453 e. The molecule has 0 amide bonds. The van der Waals surface area contributed by atoms with Gasteiger partial charge in [-0.3, -0.25) is 0 Å². The summed E-state index contributed by atoms with van der Waals surface area (Å²) in [6, 6.07) is 0. The van der Waals surface area contributed by atoms with Gasteiger partial charge in [0.2, 0.25) is 8.32 Å².